The van der Waals surface area contributed by atoms with E-state index in [2.05, 4.69) is 10.6 Å². The molecule has 10 heteroatoms. The first-order chi connectivity index (χ1) is 16.0. The minimum Gasteiger partial charge on any atom is -0.454 e. The third-order valence-electron chi connectivity index (χ3n) is 5.92. The first-order valence-corrected chi connectivity index (χ1v) is 12.6. The van der Waals surface area contributed by atoms with Crippen molar-refractivity contribution < 1.29 is 23.8 Å². The average molecular weight is 476 g/mol. The number of carbonyl (C=O) groups is 2. The van der Waals surface area contributed by atoms with Crippen LogP contribution in [0.5, 0.6) is 11.5 Å². The van der Waals surface area contributed by atoms with Crippen molar-refractivity contribution in [2.75, 3.05) is 32.0 Å². The molecule has 2 N–H and O–H groups in total. The molecule has 1 unspecified atom stereocenters. The Morgan fingerprint density at radius 2 is 2.06 bits per heavy atom. The number of pyridine rings is 1. The zero-order chi connectivity index (χ0) is 23.4. The van der Waals surface area contributed by atoms with Gasteiger partial charge < -0.3 is 29.4 Å². The van der Waals surface area contributed by atoms with Crippen LogP contribution in [0.1, 0.15) is 36.5 Å². The highest BCUT2D eigenvalue weighted by Crippen LogP contribution is 2.35. The molecule has 178 valence electrons. The second-order valence-electron chi connectivity index (χ2n) is 8.07. The van der Waals surface area contributed by atoms with E-state index in [0.29, 0.717) is 54.3 Å². The van der Waals surface area contributed by atoms with Gasteiger partial charge in [0, 0.05) is 32.0 Å². The highest BCUT2D eigenvalue weighted by Gasteiger charge is 2.26. The van der Waals surface area contributed by atoms with Gasteiger partial charge in [-0.25, -0.2) is 0 Å². The maximum absolute atomic E-state index is 13.2. The summed E-state index contributed by atoms with van der Waals surface area (Å²) >= 11 is 1.59. The number of thioether (sulfide) groups is 1. The topological polar surface area (TPSA) is 108 Å². The molecule has 0 aliphatic carbocycles. The molecule has 1 aromatic carbocycles. The molecule has 2 aliphatic heterocycles. The maximum atomic E-state index is 13.2. The van der Waals surface area contributed by atoms with Crippen LogP contribution in [0.25, 0.3) is 10.9 Å². The smallest absolute Gasteiger partial charge is 0.257 e. The third-order valence-corrected chi connectivity index (χ3v) is 6.56. The molecule has 0 saturated carbocycles. The summed E-state index contributed by atoms with van der Waals surface area (Å²) in [5, 5.41) is 6.03. The highest BCUT2D eigenvalue weighted by atomic mass is 32.2. The van der Waals surface area contributed by atoms with Gasteiger partial charge in [-0.15, -0.1) is 0 Å². The van der Waals surface area contributed by atoms with Gasteiger partial charge in [0.1, 0.15) is 11.6 Å². The molecule has 2 aliphatic rings. The lowest BCUT2D eigenvalue weighted by molar-refractivity contribution is -0.123. The van der Waals surface area contributed by atoms with E-state index in [1.54, 1.807) is 23.9 Å². The van der Waals surface area contributed by atoms with Crippen molar-refractivity contribution in [2.45, 2.75) is 44.9 Å². The summed E-state index contributed by atoms with van der Waals surface area (Å²) in [5.41, 5.74) is 0.245. The molecule has 3 heterocycles. The van der Waals surface area contributed by atoms with Gasteiger partial charge in [-0.3, -0.25) is 14.4 Å². The molecule has 2 amide bonds. The van der Waals surface area contributed by atoms with E-state index in [1.165, 1.54) is 6.20 Å². The van der Waals surface area contributed by atoms with Gasteiger partial charge in [-0.1, -0.05) is 0 Å². The summed E-state index contributed by atoms with van der Waals surface area (Å²) in [5.74, 6) is 0.902. The molecule has 2 atom stereocenters. The average Bonchev–Trinajstić information content (AvgIpc) is 3.51. The number of hydrogen-bond acceptors (Lipinski definition) is 7. The fourth-order valence-electron chi connectivity index (χ4n) is 4.09. The molecule has 2 aromatic rings. The quantitative estimate of drug-likeness (QED) is 0.570. The molecule has 1 saturated heterocycles. The molecule has 0 bridgehead atoms. The molecule has 33 heavy (non-hydrogen) atoms. The van der Waals surface area contributed by atoms with Crippen molar-refractivity contribution >= 4 is 34.5 Å². The zero-order valence-electron chi connectivity index (χ0n) is 18.8. The number of nitrogens with one attached hydrogen (secondary N) is 2. The Morgan fingerprint density at radius 1 is 1.27 bits per heavy atom. The molecule has 1 fully saturated rings. The number of aromatic nitrogens is 1. The Morgan fingerprint density at radius 3 is 2.76 bits per heavy atom. The summed E-state index contributed by atoms with van der Waals surface area (Å²) in [7, 11) is 0. The van der Waals surface area contributed by atoms with E-state index in [-0.39, 0.29) is 24.4 Å². The van der Waals surface area contributed by atoms with Crippen molar-refractivity contribution in [1.29, 1.82) is 0 Å². The lowest BCUT2D eigenvalue weighted by Crippen LogP contribution is -2.49. The van der Waals surface area contributed by atoms with Crippen LogP contribution in [-0.2, 0) is 16.1 Å². The van der Waals surface area contributed by atoms with E-state index in [0.717, 1.165) is 12.8 Å². The summed E-state index contributed by atoms with van der Waals surface area (Å²) in [6.07, 6.45) is 5.84. The first kappa shape index (κ1) is 23.4. The van der Waals surface area contributed by atoms with Crippen molar-refractivity contribution in [3.63, 3.8) is 0 Å². The lowest BCUT2D eigenvalue weighted by Gasteiger charge is -2.20. The Hall–Kier alpha value is -2.72. The van der Waals surface area contributed by atoms with Crippen LogP contribution in [0.3, 0.4) is 0 Å². The minimum atomic E-state index is -0.742. The van der Waals surface area contributed by atoms with Gasteiger partial charge in [-0.05, 0) is 44.3 Å². The molecular weight excluding hydrogens is 446 g/mol. The summed E-state index contributed by atoms with van der Waals surface area (Å²) in [6.45, 7) is 3.69. The van der Waals surface area contributed by atoms with E-state index >= 15 is 0 Å². The predicted octanol–water partition coefficient (Wildman–Crippen LogP) is 1.90. The molecule has 4 rings (SSSR count). The van der Waals surface area contributed by atoms with Gasteiger partial charge >= 0.3 is 0 Å². The highest BCUT2D eigenvalue weighted by molar-refractivity contribution is 7.98. The number of nitrogens with zero attached hydrogens (tertiary/aromatic N) is 1. The van der Waals surface area contributed by atoms with Crippen LogP contribution in [-0.4, -0.2) is 60.5 Å². The van der Waals surface area contributed by atoms with Crippen LogP contribution >= 0.6 is 11.8 Å². The van der Waals surface area contributed by atoms with Crippen LogP contribution < -0.4 is 25.5 Å². The standard InChI is InChI=1S/C23H29N3O6S/c1-3-26-12-16(21(27)15-9-19-20(10-18(15)26)32-13-31-19)22(28)25-17(6-8-33-2)23(29)24-11-14-5-4-7-30-14/h9-10,12,14,17H,3-8,11,13H2,1-2H3,(H,24,29)(H,25,28)/t14?,17-/m0/s1. The molecule has 0 spiro atoms. The van der Waals surface area contributed by atoms with E-state index in [4.69, 9.17) is 14.2 Å². The number of carbonyl (C=O) groups excluding carboxylic acids is 2. The lowest BCUT2D eigenvalue weighted by atomic mass is 10.1. The number of rotatable bonds is 9. The molecule has 9 nitrogen and oxygen atoms in total. The fourth-order valence-corrected chi connectivity index (χ4v) is 4.56. The Labute approximate surface area is 196 Å². The van der Waals surface area contributed by atoms with Crippen molar-refractivity contribution in [3.8, 4) is 11.5 Å². The number of aryl methyl sites for hydroxylation is 1. The van der Waals surface area contributed by atoms with E-state index in [1.807, 2.05) is 17.7 Å². The number of hydrogen-bond donors (Lipinski definition) is 2. The van der Waals surface area contributed by atoms with Crippen LogP contribution in [0.15, 0.2) is 23.1 Å². The monoisotopic (exact) mass is 475 g/mol. The first-order valence-electron chi connectivity index (χ1n) is 11.2. The predicted molar refractivity (Wildman–Crippen MR) is 126 cm³/mol. The second kappa shape index (κ2) is 10.5. The third kappa shape index (κ3) is 5.11. The summed E-state index contributed by atoms with van der Waals surface area (Å²) in [4.78, 5) is 39.2. The Bertz CT molecular complexity index is 1100. The van der Waals surface area contributed by atoms with Gasteiger partial charge in [0.15, 0.2) is 11.5 Å². The van der Waals surface area contributed by atoms with Gasteiger partial charge in [-0.2, -0.15) is 11.8 Å². The van der Waals surface area contributed by atoms with Crippen molar-refractivity contribution in [3.05, 3.63) is 34.1 Å². The zero-order valence-corrected chi connectivity index (χ0v) is 19.7. The molecule has 0 radical (unpaired) electrons. The molecular formula is C23H29N3O6S. The van der Waals surface area contributed by atoms with E-state index in [9.17, 15) is 14.4 Å². The molecule has 1 aromatic heterocycles. The Balaban J connectivity index is 1.57. The van der Waals surface area contributed by atoms with Gasteiger partial charge in [0.2, 0.25) is 18.1 Å². The van der Waals surface area contributed by atoms with Crippen LogP contribution in [0.4, 0.5) is 0 Å². The number of amides is 2. The number of ether oxygens (including phenoxy) is 3. The number of benzene rings is 1. The van der Waals surface area contributed by atoms with Crippen molar-refractivity contribution in [2.24, 2.45) is 0 Å². The minimum absolute atomic E-state index is 0.00991. The maximum Gasteiger partial charge on any atom is 0.257 e. The second-order valence-corrected chi connectivity index (χ2v) is 9.05. The van der Waals surface area contributed by atoms with Gasteiger partial charge in [0.25, 0.3) is 5.91 Å². The number of fused-ring (bicyclic) bond motifs is 2. The van der Waals surface area contributed by atoms with Crippen molar-refractivity contribution in [1.82, 2.24) is 15.2 Å². The normalized spacial score (nSPS) is 17.8. The SMILES string of the molecule is CCn1cc(C(=O)N[C@@H](CCSC)C(=O)NCC2CCCO2)c(=O)c2cc3c(cc21)OCO3. The van der Waals surface area contributed by atoms with E-state index < -0.39 is 17.4 Å². The Kier molecular flexibility index (Phi) is 7.44. The van der Waals surface area contributed by atoms with Gasteiger partial charge in [0.05, 0.1) is 17.0 Å². The fraction of sp³-hybridized carbons (Fsp3) is 0.522. The van der Waals surface area contributed by atoms with Crippen LogP contribution in [0, 0.1) is 0 Å². The van der Waals surface area contributed by atoms with Crippen LogP contribution in [0.2, 0.25) is 0 Å². The summed E-state index contributed by atoms with van der Waals surface area (Å²) < 4.78 is 18.2. The summed E-state index contributed by atoms with van der Waals surface area (Å²) in [6, 6.07) is 2.63. The largest absolute Gasteiger partial charge is 0.454 e.